The number of methoxy groups -OCH3 is 1. The van der Waals surface area contributed by atoms with E-state index < -0.39 is 17.0 Å². The van der Waals surface area contributed by atoms with Gasteiger partial charge in [-0.3, -0.25) is 0 Å². The molecule has 0 bridgehead atoms. The van der Waals surface area contributed by atoms with E-state index in [0.29, 0.717) is 0 Å². The lowest BCUT2D eigenvalue weighted by molar-refractivity contribution is -0.149. The van der Waals surface area contributed by atoms with Gasteiger partial charge < -0.3 is 15.4 Å². The molecule has 5 heteroatoms. The minimum atomic E-state index is -1.00. The van der Waals surface area contributed by atoms with Crippen LogP contribution in [0.4, 0.5) is 4.79 Å². The van der Waals surface area contributed by atoms with Crippen molar-refractivity contribution in [3.8, 4) is 0 Å². The van der Waals surface area contributed by atoms with Gasteiger partial charge in [0.05, 0.1) is 12.6 Å². The van der Waals surface area contributed by atoms with Gasteiger partial charge in [0, 0.05) is 0 Å². The number of rotatable bonds is 1. The Morgan fingerprint density at radius 1 is 1.31 bits per heavy atom. The second-order valence-corrected chi connectivity index (χ2v) is 3.82. The standard InChI is InChI=1S/C8H14N2O3/c1-7(2)8(3,5(11)13-4)10-6(12)9-7/h1-4H3,(H2,9,10,12). The first-order valence-electron chi connectivity index (χ1n) is 4.02. The third-order valence-corrected chi connectivity index (χ3v) is 2.63. The van der Waals surface area contributed by atoms with E-state index in [1.54, 1.807) is 20.8 Å². The largest absolute Gasteiger partial charge is 0.467 e. The Morgan fingerprint density at radius 3 is 2.15 bits per heavy atom. The molecule has 0 aliphatic carbocycles. The highest BCUT2D eigenvalue weighted by Crippen LogP contribution is 2.27. The summed E-state index contributed by atoms with van der Waals surface area (Å²) in [5, 5.41) is 5.19. The van der Waals surface area contributed by atoms with Crippen LogP contribution in [0.3, 0.4) is 0 Å². The summed E-state index contributed by atoms with van der Waals surface area (Å²) in [6, 6.07) is -0.349. The molecule has 13 heavy (non-hydrogen) atoms. The minimum absolute atomic E-state index is 0.349. The van der Waals surface area contributed by atoms with Crippen molar-refractivity contribution < 1.29 is 14.3 Å². The van der Waals surface area contributed by atoms with E-state index in [2.05, 4.69) is 15.4 Å². The monoisotopic (exact) mass is 186 g/mol. The van der Waals surface area contributed by atoms with Crippen molar-refractivity contribution in [2.24, 2.45) is 0 Å². The lowest BCUT2D eigenvalue weighted by Gasteiger charge is -2.33. The van der Waals surface area contributed by atoms with E-state index in [9.17, 15) is 9.59 Å². The van der Waals surface area contributed by atoms with Gasteiger partial charge in [0.1, 0.15) is 0 Å². The number of urea groups is 1. The van der Waals surface area contributed by atoms with E-state index in [1.165, 1.54) is 7.11 Å². The molecule has 0 saturated carbocycles. The van der Waals surface area contributed by atoms with Crippen LogP contribution in [0.5, 0.6) is 0 Å². The summed E-state index contributed by atoms with van der Waals surface area (Å²) in [7, 11) is 1.30. The van der Waals surface area contributed by atoms with Crippen molar-refractivity contribution in [2.45, 2.75) is 31.8 Å². The van der Waals surface area contributed by atoms with Crippen LogP contribution >= 0.6 is 0 Å². The van der Waals surface area contributed by atoms with E-state index in [-0.39, 0.29) is 6.03 Å². The van der Waals surface area contributed by atoms with Crippen LogP contribution in [-0.2, 0) is 9.53 Å². The summed E-state index contributed by atoms with van der Waals surface area (Å²) in [5.74, 6) is -0.448. The topological polar surface area (TPSA) is 67.4 Å². The van der Waals surface area contributed by atoms with Crippen molar-refractivity contribution in [3.05, 3.63) is 0 Å². The molecule has 1 atom stereocenters. The van der Waals surface area contributed by atoms with Crippen molar-refractivity contribution in [1.29, 1.82) is 0 Å². The number of hydrogen-bond donors (Lipinski definition) is 2. The van der Waals surface area contributed by atoms with Gasteiger partial charge in [-0.25, -0.2) is 9.59 Å². The van der Waals surface area contributed by atoms with Gasteiger partial charge in [-0.15, -0.1) is 0 Å². The maximum absolute atomic E-state index is 11.4. The zero-order valence-corrected chi connectivity index (χ0v) is 8.22. The van der Waals surface area contributed by atoms with Gasteiger partial charge in [0.2, 0.25) is 0 Å². The Morgan fingerprint density at radius 2 is 1.85 bits per heavy atom. The average molecular weight is 186 g/mol. The molecule has 1 aliphatic heterocycles. The molecule has 1 unspecified atom stereocenters. The predicted molar refractivity (Wildman–Crippen MR) is 46.2 cm³/mol. The number of amides is 2. The molecule has 1 aliphatic rings. The number of hydrogen-bond acceptors (Lipinski definition) is 3. The van der Waals surface area contributed by atoms with Crippen LogP contribution in [0.15, 0.2) is 0 Å². The number of nitrogens with one attached hydrogen (secondary N) is 2. The van der Waals surface area contributed by atoms with Crippen LogP contribution in [0.2, 0.25) is 0 Å². The van der Waals surface area contributed by atoms with Gasteiger partial charge in [0.25, 0.3) is 0 Å². The van der Waals surface area contributed by atoms with Gasteiger partial charge in [0.15, 0.2) is 5.54 Å². The zero-order chi connectivity index (χ0) is 10.3. The molecule has 1 heterocycles. The summed E-state index contributed by atoms with van der Waals surface area (Å²) in [5.41, 5.74) is -1.64. The number of carbonyl (C=O) groups is 2. The number of carbonyl (C=O) groups excluding carboxylic acids is 2. The molecule has 5 nitrogen and oxygen atoms in total. The molecule has 2 amide bonds. The normalized spacial score (nSPS) is 30.6. The first kappa shape index (κ1) is 9.83. The Kier molecular flexibility index (Phi) is 1.98. The van der Waals surface area contributed by atoms with Crippen LogP contribution in [-0.4, -0.2) is 30.2 Å². The van der Waals surface area contributed by atoms with Gasteiger partial charge >= 0.3 is 12.0 Å². The highest BCUT2D eigenvalue weighted by Gasteiger charge is 2.55. The number of esters is 1. The smallest absolute Gasteiger partial charge is 0.333 e. The van der Waals surface area contributed by atoms with E-state index in [4.69, 9.17) is 0 Å². The summed E-state index contributed by atoms with van der Waals surface area (Å²) >= 11 is 0. The average Bonchev–Trinajstić information content (AvgIpc) is 2.20. The highest BCUT2D eigenvalue weighted by molar-refractivity contribution is 5.93. The van der Waals surface area contributed by atoms with Crippen LogP contribution in [0.25, 0.3) is 0 Å². The maximum atomic E-state index is 11.4. The molecular formula is C8H14N2O3. The quantitative estimate of drug-likeness (QED) is 0.567. The highest BCUT2D eigenvalue weighted by atomic mass is 16.5. The minimum Gasteiger partial charge on any atom is -0.467 e. The molecular weight excluding hydrogens is 172 g/mol. The summed E-state index contributed by atoms with van der Waals surface area (Å²) in [6.07, 6.45) is 0. The van der Waals surface area contributed by atoms with E-state index in [1.807, 2.05) is 0 Å². The fraction of sp³-hybridized carbons (Fsp3) is 0.750. The molecule has 0 aromatic carbocycles. The fourth-order valence-corrected chi connectivity index (χ4v) is 1.33. The molecule has 1 fully saturated rings. The van der Waals surface area contributed by atoms with Crippen molar-refractivity contribution >= 4 is 12.0 Å². The zero-order valence-electron chi connectivity index (χ0n) is 8.22. The molecule has 74 valence electrons. The SMILES string of the molecule is COC(=O)C1(C)NC(=O)NC1(C)C. The Labute approximate surface area is 76.8 Å². The molecule has 1 saturated heterocycles. The van der Waals surface area contributed by atoms with Crippen molar-refractivity contribution in [2.75, 3.05) is 7.11 Å². The first-order valence-corrected chi connectivity index (χ1v) is 4.02. The lowest BCUT2D eigenvalue weighted by atomic mass is 9.83. The van der Waals surface area contributed by atoms with Gasteiger partial charge in [-0.05, 0) is 20.8 Å². The molecule has 0 radical (unpaired) electrons. The Bertz CT molecular complexity index is 262. The molecule has 0 spiro atoms. The Balaban J connectivity index is 3.02. The number of ether oxygens (including phenoxy) is 1. The molecule has 0 aromatic rings. The summed E-state index contributed by atoms with van der Waals surface area (Å²) in [6.45, 7) is 5.17. The van der Waals surface area contributed by atoms with E-state index in [0.717, 1.165) is 0 Å². The second-order valence-electron chi connectivity index (χ2n) is 3.82. The second kappa shape index (κ2) is 2.61. The third kappa shape index (κ3) is 1.24. The summed E-state index contributed by atoms with van der Waals surface area (Å²) < 4.78 is 4.63. The molecule has 2 N–H and O–H groups in total. The van der Waals surface area contributed by atoms with Gasteiger partial charge in [-0.1, -0.05) is 0 Å². The summed E-state index contributed by atoms with van der Waals surface area (Å²) in [4.78, 5) is 22.5. The maximum Gasteiger partial charge on any atom is 0.333 e. The first-order chi connectivity index (χ1) is 5.83. The van der Waals surface area contributed by atoms with Crippen LogP contribution in [0, 0.1) is 0 Å². The van der Waals surface area contributed by atoms with E-state index >= 15 is 0 Å². The lowest BCUT2D eigenvalue weighted by Crippen LogP contribution is -2.60. The van der Waals surface area contributed by atoms with Gasteiger partial charge in [-0.2, -0.15) is 0 Å². The van der Waals surface area contributed by atoms with Crippen molar-refractivity contribution in [3.63, 3.8) is 0 Å². The molecule has 1 rings (SSSR count). The van der Waals surface area contributed by atoms with Crippen molar-refractivity contribution in [1.82, 2.24) is 10.6 Å². The van der Waals surface area contributed by atoms with Crippen LogP contribution < -0.4 is 10.6 Å². The third-order valence-electron chi connectivity index (χ3n) is 2.63. The molecule has 0 aromatic heterocycles. The van der Waals surface area contributed by atoms with Crippen LogP contribution in [0.1, 0.15) is 20.8 Å². The fourth-order valence-electron chi connectivity index (χ4n) is 1.33. The predicted octanol–water partition coefficient (Wildman–Crippen LogP) is 0.00950. The Hall–Kier alpha value is -1.26.